The Morgan fingerprint density at radius 2 is 1.76 bits per heavy atom. The summed E-state index contributed by atoms with van der Waals surface area (Å²) in [5.41, 5.74) is 0. The van der Waals surface area contributed by atoms with E-state index in [-0.39, 0.29) is 18.2 Å². The average molecular weight is 298 g/mol. The lowest BCUT2D eigenvalue weighted by atomic mass is 9.81. The number of carbonyl (C=O) groups excluding carboxylic acids is 1. The number of unbranched alkanes of at least 4 members (excludes halogenated alkanes) is 2. The summed E-state index contributed by atoms with van der Waals surface area (Å²) in [6, 6.07) is 0. The molecule has 1 saturated carbocycles. The minimum Gasteiger partial charge on any atom is -0.469 e. The molecule has 2 rings (SSSR count). The summed E-state index contributed by atoms with van der Waals surface area (Å²) in [6.45, 7) is 3.91. The molecule has 0 aromatic carbocycles. The molecule has 0 amide bonds. The van der Waals surface area contributed by atoms with Gasteiger partial charge in [-0.3, -0.25) is 4.79 Å². The van der Waals surface area contributed by atoms with E-state index >= 15 is 0 Å². The largest absolute Gasteiger partial charge is 0.469 e. The van der Waals surface area contributed by atoms with Crippen molar-refractivity contribution in [2.45, 2.75) is 64.6 Å². The first-order valence-corrected chi connectivity index (χ1v) is 8.55. The monoisotopic (exact) mass is 298 g/mol. The van der Waals surface area contributed by atoms with E-state index in [9.17, 15) is 4.79 Å². The van der Waals surface area contributed by atoms with Crippen LogP contribution in [0.25, 0.3) is 0 Å². The van der Waals surface area contributed by atoms with Gasteiger partial charge in [-0.2, -0.15) is 0 Å². The fraction of sp³-hybridized carbons (Fsp3) is 0.941. The Labute approximate surface area is 128 Å². The summed E-state index contributed by atoms with van der Waals surface area (Å²) in [5, 5.41) is 0. The van der Waals surface area contributed by atoms with Gasteiger partial charge in [0.25, 0.3) is 0 Å². The third kappa shape index (κ3) is 4.96. The predicted molar refractivity (Wildman–Crippen MR) is 80.8 cm³/mol. The minimum atomic E-state index is -0.0603. The molecule has 122 valence electrons. The van der Waals surface area contributed by atoms with Crippen LogP contribution in [-0.4, -0.2) is 32.6 Å². The summed E-state index contributed by atoms with van der Waals surface area (Å²) in [5.74, 6) is 1.04. The second-order valence-corrected chi connectivity index (χ2v) is 6.53. The SMILES string of the molecule is CCCCCC1COC(C2CCC(C(=O)OC)CC2)OC1. The third-order valence-corrected chi connectivity index (χ3v) is 4.90. The van der Waals surface area contributed by atoms with Gasteiger partial charge >= 0.3 is 5.97 Å². The fourth-order valence-corrected chi connectivity index (χ4v) is 3.47. The van der Waals surface area contributed by atoms with E-state index in [0.717, 1.165) is 38.9 Å². The van der Waals surface area contributed by atoms with Gasteiger partial charge in [-0.1, -0.05) is 26.2 Å². The summed E-state index contributed by atoms with van der Waals surface area (Å²) in [7, 11) is 1.47. The van der Waals surface area contributed by atoms with Crippen LogP contribution in [0.3, 0.4) is 0 Å². The van der Waals surface area contributed by atoms with Gasteiger partial charge in [-0.15, -0.1) is 0 Å². The van der Waals surface area contributed by atoms with E-state index in [1.165, 1.54) is 32.8 Å². The van der Waals surface area contributed by atoms with Gasteiger partial charge in [-0.05, 0) is 32.1 Å². The Bertz CT molecular complexity index is 302. The average Bonchev–Trinajstić information content (AvgIpc) is 2.55. The molecule has 21 heavy (non-hydrogen) atoms. The van der Waals surface area contributed by atoms with Crippen molar-refractivity contribution >= 4 is 5.97 Å². The molecule has 0 N–H and O–H groups in total. The molecule has 1 aliphatic carbocycles. The van der Waals surface area contributed by atoms with E-state index in [1.807, 2.05) is 0 Å². The lowest BCUT2D eigenvalue weighted by molar-refractivity contribution is -0.230. The van der Waals surface area contributed by atoms with Crippen LogP contribution in [0.2, 0.25) is 0 Å². The normalized spacial score (nSPS) is 33.6. The summed E-state index contributed by atoms with van der Waals surface area (Å²) >= 11 is 0. The van der Waals surface area contributed by atoms with Crippen LogP contribution in [-0.2, 0) is 19.0 Å². The van der Waals surface area contributed by atoms with Crippen LogP contribution in [0.4, 0.5) is 0 Å². The maximum Gasteiger partial charge on any atom is 0.308 e. The van der Waals surface area contributed by atoms with Gasteiger partial charge in [0, 0.05) is 11.8 Å². The second-order valence-electron chi connectivity index (χ2n) is 6.53. The van der Waals surface area contributed by atoms with Gasteiger partial charge < -0.3 is 14.2 Å². The number of esters is 1. The van der Waals surface area contributed by atoms with Gasteiger partial charge in [-0.25, -0.2) is 0 Å². The van der Waals surface area contributed by atoms with Gasteiger partial charge in [0.05, 0.1) is 26.2 Å². The first-order chi connectivity index (χ1) is 10.2. The van der Waals surface area contributed by atoms with Gasteiger partial charge in [0.15, 0.2) is 6.29 Å². The van der Waals surface area contributed by atoms with E-state index in [0.29, 0.717) is 11.8 Å². The van der Waals surface area contributed by atoms with E-state index in [2.05, 4.69) is 6.92 Å². The molecule has 0 unspecified atom stereocenters. The topological polar surface area (TPSA) is 44.8 Å². The molecule has 0 radical (unpaired) electrons. The molecule has 0 atom stereocenters. The second kappa shape index (κ2) is 8.74. The maximum atomic E-state index is 11.5. The maximum absolute atomic E-state index is 11.5. The minimum absolute atomic E-state index is 0.0500. The smallest absolute Gasteiger partial charge is 0.308 e. The van der Waals surface area contributed by atoms with Gasteiger partial charge in [0.1, 0.15) is 0 Å². The van der Waals surface area contributed by atoms with Crippen molar-refractivity contribution in [1.82, 2.24) is 0 Å². The fourth-order valence-electron chi connectivity index (χ4n) is 3.47. The van der Waals surface area contributed by atoms with Gasteiger partial charge in [0.2, 0.25) is 0 Å². The van der Waals surface area contributed by atoms with Crippen LogP contribution >= 0.6 is 0 Å². The van der Waals surface area contributed by atoms with Crippen molar-refractivity contribution in [3.8, 4) is 0 Å². The first kappa shape index (κ1) is 16.8. The van der Waals surface area contributed by atoms with Crippen molar-refractivity contribution < 1.29 is 19.0 Å². The lowest BCUT2D eigenvalue weighted by Crippen LogP contribution is -2.39. The molecular weight excluding hydrogens is 268 g/mol. The Kier molecular flexibility index (Phi) is 6.97. The quantitative estimate of drug-likeness (QED) is 0.556. The molecule has 0 aromatic rings. The lowest BCUT2D eigenvalue weighted by Gasteiger charge is -2.37. The van der Waals surface area contributed by atoms with Crippen LogP contribution in [0, 0.1) is 17.8 Å². The summed E-state index contributed by atoms with van der Waals surface area (Å²) < 4.78 is 16.7. The molecule has 2 fully saturated rings. The molecular formula is C17H30O4. The molecule has 4 heteroatoms. The number of carbonyl (C=O) groups is 1. The molecule has 0 aromatic heterocycles. The van der Waals surface area contributed by atoms with E-state index in [4.69, 9.17) is 14.2 Å². The third-order valence-electron chi connectivity index (χ3n) is 4.90. The van der Waals surface area contributed by atoms with Crippen LogP contribution in [0.5, 0.6) is 0 Å². The summed E-state index contributed by atoms with van der Waals surface area (Å²) in [4.78, 5) is 11.5. The van der Waals surface area contributed by atoms with Crippen LogP contribution in [0.1, 0.15) is 58.3 Å². The Hall–Kier alpha value is -0.610. The number of rotatable bonds is 6. The highest BCUT2D eigenvalue weighted by molar-refractivity contribution is 5.72. The Balaban J connectivity index is 1.66. The molecule has 0 bridgehead atoms. The van der Waals surface area contributed by atoms with Crippen molar-refractivity contribution in [3.63, 3.8) is 0 Å². The van der Waals surface area contributed by atoms with Crippen LogP contribution in [0.15, 0.2) is 0 Å². The zero-order chi connectivity index (χ0) is 15.1. The molecule has 0 spiro atoms. The molecule has 1 heterocycles. The summed E-state index contributed by atoms with van der Waals surface area (Å²) in [6.07, 6.45) is 8.83. The Morgan fingerprint density at radius 1 is 1.10 bits per heavy atom. The number of hydrogen-bond acceptors (Lipinski definition) is 4. The highest BCUT2D eigenvalue weighted by atomic mass is 16.7. The molecule has 2 aliphatic rings. The van der Waals surface area contributed by atoms with E-state index in [1.54, 1.807) is 0 Å². The van der Waals surface area contributed by atoms with Crippen molar-refractivity contribution in [3.05, 3.63) is 0 Å². The van der Waals surface area contributed by atoms with Crippen molar-refractivity contribution in [2.75, 3.05) is 20.3 Å². The first-order valence-electron chi connectivity index (χ1n) is 8.55. The molecule has 1 aliphatic heterocycles. The van der Waals surface area contributed by atoms with E-state index < -0.39 is 0 Å². The zero-order valence-electron chi connectivity index (χ0n) is 13.5. The predicted octanol–water partition coefficient (Wildman–Crippen LogP) is 3.54. The standard InChI is InChI=1S/C17H30O4/c1-3-4-5-6-13-11-20-17(21-12-13)15-9-7-14(8-10-15)16(18)19-2/h13-15,17H,3-12H2,1-2H3. The number of hydrogen-bond donors (Lipinski definition) is 0. The molecule has 4 nitrogen and oxygen atoms in total. The highest BCUT2D eigenvalue weighted by Gasteiger charge is 2.34. The zero-order valence-corrected chi connectivity index (χ0v) is 13.5. The molecule has 1 saturated heterocycles. The number of ether oxygens (including phenoxy) is 3. The Morgan fingerprint density at radius 3 is 2.33 bits per heavy atom. The van der Waals surface area contributed by atoms with Crippen LogP contribution < -0.4 is 0 Å². The van der Waals surface area contributed by atoms with Crippen molar-refractivity contribution in [1.29, 1.82) is 0 Å². The highest BCUT2D eigenvalue weighted by Crippen LogP contribution is 2.34. The number of methoxy groups -OCH3 is 1. The van der Waals surface area contributed by atoms with Crippen molar-refractivity contribution in [2.24, 2.45) is 17.8 Å².